The van der Waals surface area contributed by atoms with Crippen molar-refractivity contribution >= 4 is 17.4 Å². The van der Waals surface area contributed by atoms with Crippen molar-refractivity contribution < 1.29 is 4.74 Å². The SMILES string of the molecule is Clc1cc(OCCN2CCCC2)n2ncnc2n1. The van der Waals surface area contributed by atoms with E-state index in [1.54, 1.807) is 10.6 Å². The van der Waals surface area contributed by atoms with E-state index in [1.165, 1.54) is 32.3 Å². The molecule has 96 valence electrons. The summed E-state index contributed by atoms with van der Waals surface area (Å²) >= 11 is 5.90. The van der Waals surface area contributed by atoms with Crippen LogP contribution in [0.5, 0.6) is 5.88 Å². The van der Waals surface area contributed by atoms with Gasteiger partial charge in [0.1, 0.15) is 18.1 Å². The van der Waals surface area contributed by atoms with Crippen molar-refractivity contribution in [3.05, 3.63) is 17.5 Å². The van der Waals surface area contributed by atoms with Gasteiger partial charge in [0.15, 0.2) is 0 Å². The first kappa shape index (κ1) is 11.7. The quantitative estimate of drug-likeness (QED) is 0.781. The molecule has 0 radical (unpaired) electrons. The van der Waals surface area contributed by atoms with Crippen molar-refractivity contribution in [2.75, 3.05) is 26.2 Å². The Balaban J connectivity index is 1.67. The van der Waals surface area contributed by atoms with Crippen LogP contribution in [-0.4, -0.2) is 50.7 Å². The Hall–Kier alpha value is -1.40. The fraction of sp³-hybridized carbons (Fsp3) is 0.545. The lowest BCUT2D eigenvalue weighted by molar-refractivity contribution is 0.228. The number of rotatable bonds is 4. The van der Waals surface area contributed by atoms with E-state index in [0.717, 1.165) is 6.54 Å². The summed E-state index contributed by atoms with van der Waals surface area (Å²) < 4.78 is 7.27. The molecule has 6 nitrogen and oxygen atoms in total. The van der Waals surface area contributed by atoms with Gasteiger partial charge in [0.2, 0.25) is 5.88 Å². The second-order valence-electron chi connectivity index (χ2n) is 4.29. The van der Waals surface area contributed by atoms with Crippen LogP contribution in [0.4, 0.5) is 0 Å². The van der Waals surface area contributed by atoms with Gasteiger partial charge in [-0.3, -0.25) is 4.90 Å². The van der Waals surface area contributed by atoms with E-state index in [1.807, 2.05) is 0 Å². The number of ether oxygens (including phenoxy) is 1. The van der Waals surface area contributed by atoms with Gasteiger partial charge in [-0.1, -0.05) is 11.6 Å². The molecule has 0 spiro atoms. The molecule has 7 heteroatoms. The molecule has 0 amide bonds. The first-order valence-electron chi connectivity index (χ1n) is 6.04. The van der Waals surface area contributed by atoms with E-state index < -0.39 is 0 Å². The molecular formula is C11H14ClN5O. The first-order chi connectivity index (χ1) is 8.83. The van der Waals surface area contributed by atoms with Gasteiger partial charge in [-0.25, -0.2) is 0 Å². The van der Waals surface area contributed by atoms with Crippen molar-refractivity contribution in [2.45, 2.75) is 12.8 Å². The van der Waals surface area contributed by atoms with Gasteiger partial charge >= 0.3 is 0 Å². The number of halogens is 1. The highest BCUT2D eigenvalue weighted by Gasteiger charge is 2.12. The molecule has 0 atom stereocenters. The Morgan fingerprint density at radius 3 is 3.00 bits per heavy atom. The van der Waals surface area contributed by atoms with Crippen LogP contribution in [0.3, 0.4) is 0 Å². The van der Waals surface area contributed by atoms with E-state index in [2.05, 4.69) is 20.0 Å². The summed E-state index contributed by atoms with van der Waals surface area (Å²) in [6.07, 6.45) is 4.01. The van der Waals surface area contributed by atoms with Gasteiger partial charge in [0.05, 0.1) is 0 Å². The third-order valence-corrected chi connectivity index (χ3v) is 3.24. The number of hydrogen-bond donors (Lipinski definition) is 0. The average molecular weight is 268 g/mol. The summed E-state index contributed by atoms with van der Waals surface area (Å²) in [7, 11) is 0. The normalized spacial score (nSPS) is 16.5. The molecule has 0 N–H and O–H groups in total. The lowest BCUT2D eigenvalue weighted by Gasteiger charge is -2.15. The van der Waals surface area contributed by atoms with Crippen LogP contribution in [0.25, 0.3) is 5.78 Å². The largest absolute Gasteiger partial charge is 0.476 e. The molecule has 1 aliphatic heterocycles. The summed E-state index contributed by atoms with van der Waals surface area (Å²) in [5.74, 6) is 1.04. The molecule has 1 aliphatic rings. The summed E-state index contributed by atoms with van der Waals surface area (Å²) in [5, 5.41) is 4.42. The number of likely N-dealkylation sites (tertiary alicyclic amines) is 1. The van der Waals surface area contributed by atoms with Crippen LogP contribution in [0.15, 0.2) is 12.4 Å². The van der Waals surface area contributed by atoms with Crippen molar-refractivity contribution in [1.29, 1.82) is 0 Å². The van der Waals surface area contributed by atoms with Crippen LogP contribution in [-0.2, 0) is 0 Å². The molecule has 1 fully saturated rings. The maximum atomic E-state index is 5.90. The maximum Gasteiger partial charge on any atom is 0.256 e. The predicted molar refractivity (Wildman–Crippen MR) is 67.0 cm³/mol. The maximum absolute atomic E-state index is 5.90. The number of hydrogen-bond acceptors (Lipinski definition) is 5. The second kappa shape index (κ2) is 5.07. The molecule has 3 heterocycles. The zero-order chi connectivity index (χ0) is 12.4. The molecule has 0 bridgehead atoms. The van der Waals surface area contributed by atoms with Crippen LogP contribution in [0.2, 0.25) is 5.15 Å². The van der Waals surface area contributed by atoms with Gasteiger partial charge in [0, 0.05) is 12.6 Å². The van der Waals surface area contributed by atoms with Crippen molar-refractivity contribution in [1.82, 2.24) is 24.5 Å². The Morgan fingerprint density at radius 1 is 1.33 bits per heavy atom. The average Bonchev–Trinajstić information content (AvgIpc) is 2.98. The Morgan fingerprint density at radius 2 is 2.17 bits per heavy atom. The zero-order valence-corrected chi connectivity index (χ0v) is 10.7. The van der Waals surface area contributed by atoms with E-state index in [0.29, 0.717) is 23.4 Å². The summed E-state index contributed by atoms with van der Waals surface area (Å²) in [6.45, 7) is 3.88. The molecule has 1 saturated heterocycles. The second-order valence-corrected chi connectivity index (χ2v) is 4.67. The standard InChI is InChI=1S/C11H14ClN5O/c12-9-7-10(17-11(15-9)13-8-14-17)18-6-5-16-3-1-2-4-16/h7-8H,1-6H2. The third kappa shape index (κ3) is 2.39. The lowest BCUT2D eigenvalue weighted by Crippen LogP contribution is -2.25. The Labute approximate surface area is 110 Å². The van der Waals surface area contributed by atoms with E-state index in [9.17, 15) is 0 Å². The third-order valence-electron chi connectivity index (χ3n) is 3.04. The molecule has 2 aromatic heterocycles. The highest BCUT2D eigenvalue weighted by Crippen LogP contribution is 2.16. The van der Waals surface area contributed by atoms with Crippen LogP contribution < -0.4 is 4.74 Å². The zero-order valence-electron chi connectivity index (χ0n) is 9.92. The molecule has 3 rings (SSSR count). The Kier molecular flexibility index (Phi) is 3.29. The van der Waals surface area contributed by atoms with Gasteiger partial charge in [-0.2, -0.15) is 19.6 Å². The molecule has 0 saturated carbocycles. The molecular weight excluding hydrogens is 254 g/mol. The van der Waals surface area contributed by atoms with E-state index >= 15 is 0 Å². The minimum Gasteiger partial charge on any atom is -0.476 e. The van der Waals surface area contributed by atoms with Gasteiger partial charge in [0.25, 0.3) is 5.78 Å². The van der Waals surface area contributed by atoms with E-state index in [4.69, 9.17) is 16.3 Å². The summed E-state index contributed by atoms with van der Waals surface area (Å²) in [5.41, 5.74) is 0. The number of fused-ring (bicyclic) bond motifs is 1. The van der Waals surface area contributed by atoms with Crippen LogP contribution >= 0.6 is 11.6 Å². The van der Waals surface area contributed by atoms with Crippen molar-refractivity contribution in [3.63, 3.8) is 0 Å². The summed E-state index contributed by atoms with van der Waals surface area (Å²) in [4.78, 5) is 10.4. The predicted octanol–water partition coefficient (Wildman–Crippen LogP) is 1.25. The highest BCUT2D eigenvalue weighted by molar-refractivity contribution is 6.29. The van der Waals surface area contributed by atoms with Gasteiger partial charge in [-0.05, 0) is 25.9 Å². The smallest absolute Gasteiger partial charge is 0.256 e. The summed E-state index contributed by atoms with van der Waals surface area (Å²) in [6, 6.07) is 1.66. The fourth-order valence-corrected chi connectivity index (χ4v) is 2.32. The van der Waals surface area contributed by atoms with Crippen LogP contribution in [0.1, 0.15) is 12.8 Å². The van der Waals surface area contributed by atoms with Crippen molar-refractivity contribution in [3.8, 4) is 5.88 Å². The fourth-order valence-electron chi connectivity index (χ4n) is 2.15. The molecule has 18 heavy (non-hydrogen) atoms. The molecule has 0 unspecified atom stereocenters. The highest BCUT2D eigenvalue weighted by atomic mass is 35.5. The molecule has 2 aromatic rings. The molecule has 0 aliphatic carbocycles. The Bertz CT molecular complexity index is 537. The van der Waals surface area contributed by atoms with Crippen molar-refractivity contribution in [2.24, 2.45) is 0 Å². The first-order valence-corrected chi connectivity index (χ1v) is 6.42. The van der Waals surface area contributed by atoms with Crippen LogP contribution in [0, 0.1) is 0 Å². The van der Waals surface area contributed by atoms with Gasteiger partial charge < -0.3 is 4.74 Å². The monoisotopic (exact) mass is 267 g/mol. The van der Waals surface area contributed by atoms with E-state index in [-0.39, 0.29) is 0 Å². The number of aromatic nitrogens is 4. The topological polar surface area (TPSA) is 55.6 Å². The lowest BCUT2D eigenvalue weighted by atomic mass is 10.4. The van der Waals surface area contributed by atoms with Gasteiger partial charge in [-0.15, -0.1) is 0 Å². The number of nitrogens with zero attached hydrogens (tertiary/aromatic N) is 5. The molecule has 0 aromatic carbocycles. The minimum atomic E-state index is 0.367. The minimum absolute atomic E-state index is 0.367.